The number of nitro benzene ring substituents is 2. The van der Waals surface area contributed by atoms with Crippen LogP contribution in [-0.4, -0.2) is 40.0 Å². The second kappa shape index (κ2) is 10.7. The third kappa shape index (κ3) is 4.70. The second-order valence-corrected chi connectivity index (χ2v) is 10.2. The minimum atomic E-state index is -0.783. The molecule has 1 heterocycles. The topological polar surface area (TPSA) is 142 Å². The number of ketones is 2. The van der Waals surface area contributed by atoms with Crippen molar-refractivity contribution in [3.8, 4) is 17.2 Å². The van der Waals surface area contributed by atoms with Crippen LogP contribution in [0.15, 0.2) is 52.9 Å². The first kappa shape index (κ1) is 27.3. The molecule has 0 aromatic heterocycles. The van der Waals surface area contributed by atoms with Crippen LogP contribution >= 0.6 is 11.6 Å². The van der Waals surface area contributed by atoms with E-state index in [4.69, 9.17) is 21.1 Å². The SMILES string of the molecule is CCOc1cc(C2C3=C(CCCC3=O)N(C)C3=C2C(=O)CCC3)cc(Cl)c1Oc1ccc([N+](=O)[O-])cc1[N+](=O)[O-]. The molecule has 2 aliphatic carbocycles. The Kier molecular flexibility index (Phi) is 7.33. The summed E-state index contributed by atoms with van der Waals surface area (Å²) in [4.78, 5) is 49.9. The monoisotopic (exact) mass is 567 g/mol. The number of nitro groups is 2. The van der Waals surface area contributed by atoms with E-state index in [-0.39, 0.29) is 40.4 Å². The summed E-state index contributed by atoms with van der Waals surface area (Å²) in [5.41, 5.74) is 2.49. The maximum atomic E-state index is 13.3. The highest BCUT2D eigenvalue weighted by atomic mass is 35.5. The highest BCUT2D eigenvalue weighted by Crippen LogP contribution is 2.51. The first-order valence-electron chi connectivity index (χ1n) is 13.0. The number of hydrogen-bond acceptors (Lipinski definition) is 9. The summed E-state index contributed by atoms with van der Waals surface area (Å²) in [5, 5.41) is 22.8. The standard InChI is InChI=1S/C28H26ClN3O8/c1-3-39-24-13-15(12-17(29)28(24)40-23-11-10-16(31(35)36)14-20(23)32(37)38)25-26-18(6-4-8-21(26)33)30(2)19-7-5-9-22(34)27(19)25/h10-14,25H,3-9H2,1-2H3. The van der Waals surface area contributed by atoms with Gasteiger partial charge in [-0.25, -0.2) is 0 Å². The van der Waals surface area contributed by atoms with Crippen molar-refractivity contribution in [3.63, 3.8) is 0 Å². The zero-order chi connectivity index (χ0) is 28.7. The Morgan fingerprint density at radius 1 is 0.925 bits per heavy atom. The average molecular weight is 568 g/mol. The lowest BCUT2D eigenvalue weighted by Crippen LogP contribution is -2.37. The quantitative estimate of drug-likeness (QED) is 0.274. The van der Waals surface area contributed by atoms with Crippen molar-refractivity contribution in [2.24, 2.45) is 0 Å². The minimum Gasteiger partial charge on any atom is -0.490 e. The minimum absolute atomic E-state index is 0.0149. The fourth-order valence-electron chi connectivity index (χ4n) is 5.76. The third-order valence-corrected chi connectivity index (χ3v) is 7.75. The van der Waals surface area contributed by atoms with Gasteiger partial charge in [0.2, 0.25) is 5.75 Å². The predicted octanol–water partition coefficient (Wildman–Crippen LogP) is 6.39. The lowest BCUT2D eigenvalue weighted by atomic mass is 9.71. The molecule has 0 fully saturated rings. The van der Waals surface area contributed by atoms with E-state index in [1.807, 2.05) is 11.9 Å². The number of benzene rings is 2. The van der Waals surface area contributed by atoms with E-state index >= 15 is 0 Å². The molecule has 0 atom stereocenters. The van der Waals surface area contributed by atoms with Gasteiger partial charge in [0.1, 0.15) is 0 Å². The van der Waals surface area contributed by atoms with Gasteiger partial charge < -0.3 is 14.4 Å². The van der Waals surface area contributed by atoms with Crippen LogP contribution < -0.4 is 9.47 Å². The van der Waals surface area contributed by atoms with E-state index in [1.165, 1.54) is 0 Å². The van der Waals surface area contributed by atoms with Crippen molar-refractivity contribution < 1.29 is 28.9 Å². The Labute approximate surface area is 234 Å². The molecule has 0 saturated carbocycles. The summed E-state index contributed by atoms with van der Waals surface area (Å²) < 4.78 is 11.7. The van der Waals surface area contributed by atoms with E-state index < -0.39 is 27.1 Å². The number of ether oxygens (including phenoxy) is 2. The van der Waals surface area contributed by atoms with Gasteiger partial charge in [0, 0.05) is 54.4 Å². The first-order valence-corrected chi connectivity index (χ1v) is 13.3. The maximum Gasteiger partial charge on any atom is 0.318 e. The smallest absolute Gasteiger partial charge is 0.318 e. The van der Waals surface area contributed by atoms with Gasteiger partial charge in [-0.05, 0) is 56.4 Å². The van der Waals surface area contributed by atoms with Crippen LogP contribution in [0, 0.1) is 20.2 Å². The Morgan fingerprint density at radius 3 is 2.10 bits per heavy atom. The molecule has 2 aromatic rings. The molecule has 40 heavy (non-hydrogen) atoms. The molecular weight excluding hydrogens is 542 g/mol. The molecule has 0 unspecified atom stereocenters. The molecule has 0 N–H and O–H groups in total. The first-order chi connectivity index (χ1) is 19.1. The number of nitrogens with zero attached hydrogens (tertiary/aromatic N) is 3. The summed E-state index contributed by atoms with van der Waals surface area (Å²) >= 11 is 6.71. The van der Waals surface area contributed by atoms with Crippen LogP contribution in [0.5, 0.6) is 17.2 Å². The van der Waals surface area contributed by atoms with Gasteiger partial charge >= 0.3 is 5.69 Å². The van der Waals surface area contributed by atoms with Crippen molar-refractivity contribution in [2.75, 3.05) is 13.7 Å². The summed E-state index contributed by atoms with van der Waals surface area (Å²) in [6, 6.07) is 6.27. The number of hydrogen-bond donors (Lipinski definition) is 0. The number of Topliss-reactive ketones (excluding diaryl/α,β-unsaturated/α-hetero) is 2. The molecule has 0 amide bonds. The number of non-ortho nitro benzene ring substituents is 1. The van der Waals surface area contributed by atoms with Gasteiger partial charge in [-0.15, -0.1) is 0 Å². The van der Waals surface area contributed by atoms with Crippen LogP contribution in [-0.2, 0) is 9.59 Å². The third-order valence-electron chi connectivity index (χ3n) is 7.47. The molecule has 2 aromatic carbocycles. The predicted molar refractivity (Wildman–Crippen MR) is 145 cm³/mol. The van der Waals surface area contributed by atoms with Gasteiger partial charge in [-0.1, -0.05) is 11.6 Å². The largest absolute Gasteiger partial charge is 0.490 e. The molecule has 0 bridgehead atoms. The van der Waals surface area contributed by atoms with E-state index in [1.54, 1.807) is 19.1 Å². The summed E-state index contributed by atoms with van der Waals surface area (Å²) in [6.45, 7) is 1.94. The summed E-state index contributed by atoms with van der Waals surface area (Å²) in [5.74, 6) is -0.776. The highest BCUT2D eigenvalue weighted by molar-refractivity contribution is 6.32. The number of carbonyl (C=O) groups is 2. The Hall–Kier alpha value is -4.25. The number of carbonyl (C=O) groups excluding carboxylic acids is 2. The van der Waals surface area contributed by atoms with Gasteiger partial charge in [0.15, 0.2) is 23.1 Å². The molecular formula is C28H26ClN3O8. The second-order valence-electron chi connectivity index (χ2n) is 9.80. The van der Waals surface area contributed by atoms with Gasteiger partial charge in [0.05, 0.1) is 27.5 Å². The Morgan fingerprint density at radius 2 is 1.55 bits per heavy atom. The zero-order valence-corrected chi connectivity index (χ0v) is 22.7. The molecule has 1 aliphatic heterocycles. The van der Waals surface area contributed by atoms with Crippen molar-refractivity contribution in [3.05, 3.63) is 83.7 Å². The fourth-order valence-corrected chi connectivity index (χ4v) is 6.02. The maximum absolute atomic E-state index is 13.3. The van der Waals surface area contributed by atoms with Crippen molar-refractivity contribution in [2.45, 2.75) is 51.4 Å². The summed E-state index contributed by atoms with van der Waals surface area (Å²) in [6.07, 6.45) is 3.67. The van der Waals surface area contributed by atoms with E-state index in [0.29, 0.717) is 29.6 Å². The number of allylic oxidation sites excluding steroid dienone is 4. The average Bonchev–Trinajstić information content (AvgIpc) is 2.91. The molecule has 12 heteroatoms. The lowest BCUT2D eigenvalue weighted by molar-refractivity contribution is -0.394. The van der Waals surface area contributed by atoms with Crippen LogP contribution in [0.4, 0.5) is 11.4 Å². The molecule has 0 radical (unpaired) electrons. The van der Waals surface area contributed by atoms with Crippen LogP contribution in [0.3, 0.4) is 0 Å². The van der Waals surface area contributed by atoms with Crippen molar-refractivity contribution >= 4 is 34.5 Å². The van der Waals surface area contributed by atoms with Gasteiger partial charge in [-0.3, -0.25) is 29.8 Å². The van der Waals surface area contributed by atoms with E-state index in [0.717, 1.165) is 55.3 Å². The van der Waals surface area contributed by atoms with Crippen molar-refractivity contribution in [1.29, 1.82) is 0 Å². The number of rotatable bonds is 7. The molecule has 5 rings (SSSR count). The molecule has 208 valence electrons. The van der Waals surface area contributed by atoms with Crippen molar-refractivity contribution in [1.82, 2.24) is 4.90 Å². The summed E-state index contributed by atoms with van der Waals surface area (Å²) in [7, 11) is 1.91. The highest BCUT2D eigenvalue weighted by Gasteiger charge is 2.42. The Bertz CT molecular complexity index is 1490. The molecule has 0 spiro atoms. The molecule has 0 saturated heterocycles. The van der Waals surface area contributed by atoms with Gasteiger partial charge in [-0.2, -0.15) is 0 Å². The molecule has 11 nitrogen and oxygen atoms in total. The number of halogens is 1. The van der Waals surface area contributed by atoms with E-state index in [2.05, 4.69) is 0 Å². The van der Waals surface area contributed by atoms with Crippen LogP contribution in [0.1, 0.15) is 56.9 Å². The zero-order valence-electron chi connectivity index (χ0n) is 21.9. The van der Waals surface area contributed by atoms with Gasteiger partial charge in [0.25, 0.3) is 5.69 Å². The Balaban J connectivity index is 1.65. The van der Waals surface area contributed by atoms with Crippen LogP contribution in [0.2, 0.25) is 5.02 Å². The lowest BCUT2D eigenvalue weighted by Gasteiger charge is -2.42. The van der Waals surface area contributed by atoms with Crippen LogP contribution in [0.25, 0.3) is 0 Å². The molecule has 3 aliphatic rings. The fraction of sp³-hybridized carbons (Fsp3) is 0.357. The normalized spacial score (nSPS) is 17.5. The van der Waals surface area contributed by atoms with E-state index in [9.17, 15) is 29.8 Å².